The highest BCUT2D eigenvalue weighted by molar-refractivity contribution is 6.20. The topological polar surface area (TPSA) is 129 Å². The number of carbonyl (C=O) groups is 4. The van der Waals surface area contributed by atoms with Gasteiger partial charge in [-0.15, -0.1) is 9.75 Å². The Morgan fingerprint density at radius 1 is 0.826 bits per heavy atom. The van der Waals surface area contributed by atoms with Crippen LogP contribution in [0.3, 0.4) is 0 Å². The fraction of sp³-hybridized carbons (Fsp3) is 0.441. The fourth-order valence-corrected chi connectivity index (χ4v) is 4.60. The van der Waals surface area contributed by atoms with Gasteiger partial charge >= 0.3 is 12.1 Å². The van der Waals surface area contributed by atoms with Gasteiger partial charge in [0.25, 0.3) is 11.8 Å². The predicted octanol–water partition coefficient (Wildman–Crippen LogP) is 4.60. The lowest BCUT2D eigenvalue weighted by Crippen LogP contribution is -2.52. The number of nitrogens with zero attached hydrogens (tertiary/aromatic N) is 3. The number of hydrogen-bond acceptors (Lipinski definition) is 8. The highest BCUT2D eigenvalue weighted by Gasteiger charge is 2.47. The number of hydrogen-bond donors (Lipinski definition) is 1. The molecule has 246 valence electrons. The van der Waals surface area contributed by atoms with Gasteiger partial charge in [-0.3, -0.25) is 9.59 Å². The second kappa shape index (κ2) is 13.3. The van der Waals surface area contributed by atoms with Gasteiger partial charge < -0.3 is 19.5 Å². The number of hydroxylamine groups is 2. The maximum absolute atomic E-state index is 13.3. The summed E-state index contributed by atoms with van der Waals surface area (Å²) in [5.41, 5.74) is -0.938. The van der Waals surface area contributed by atoms with Crippen LogP contribution in [0, 0.1) is 0 Å². The first-order chi connectivity index (χ1) is 21.5. The van der Waals surface area contributed by atoms with E-state index in [0.717, 1.165) is 11.1 Å². The van der Waals surface area contributed by atoms with Crippen LogP contribution in [0.1, 0.15) is 75.6 Å². The van der Waals surface area contributed by atoms with E-state index in [-0.39, 0.29) is 17.7 Å². The number of amides is 3. The Hall–Kier alpha value is -4.71. The molecule has 3 aromatic rings. The maximum Gasteiger partial charge on any atom is 0.407 e. The molecule has 1 atom stereocenters. The molecule has 1 aromatic heterocycles. The molecular formula is C34H43N4O8+. The molecule has 1 aliphatic heterocycles. The number of fused-ring (bicyclic) bond motifs is 1. The smallest absolute Gasteiger partial charge is 0.407 e. The van der Waals surface area contributed by atoms with Crippen molar-refractivity contribution >= 4 is 23.9 Å². The molecule has 0 radical (unpaired) electrons. The van der Waals surface area contributed by atoms with Gasteiger partial charge in [0.05, 0.1) is 29.4 Å². The van der Waals surface area contributed by atoms with Gasteiger partial charge in [-0.2, -0.15) is 4.68 Å². The summed E-state index contributed by atoms with van der Waals surface area (Å²) in [4.78, 5) is 57.0. The Balaban J connectivity index is 1.40. The summed E-state index contributed by atoms with van der Waals surface area (Å²) in [6.45, 7) is 12.8. The quantitative estimate of drug-likeness (QED) is 0.140. The van der Waals surface area contributed by atoms with Crippen LogP contribution in [0.2, 0.25) is 0 Å². The summed E-state index contributed by atoms with van der Waals surface area (Å²) >= 11 is 0. The Bertz CT molecular complexity index is 1570. The summed E-state index contributed by atoms with van der Waals surface area (Å²) in [7, 11) is 1.94. The van der Waals surface area contributed by atoms with Crippen LogP contribution in [0.5, 0.6) is 5.75 Å². The predicted molar refractivity (Wildman–Crippen MR) is 168 cm³/mol. The molecular weight excluding hydrogens is 592 g/mol. The van der Waals surface area contributed by atoms with E-state index in [2.05, 4.69) is 5.32 Å². The largest absolute Gasteiger partial charge is 0.490 e. The van der Waals surface area contributed by atoms with Crippen molar-refractivity contribution in [1.82, 2.24) is 15.1 Å². The molecule has 12 nitrogen and oxygen atoms in total. The molecule has 2 aromatic carbocycles. The standard InChI is InChI=1S/C34H42N4O8/c1-32(2,3)44-30(41)34(7,46-38-28(39)26-12-9-10-13-27(26)29(38)40)22-43-25-16-14-23(15-17-25)24-20-36(8)37(21-24)19-11-18-35-31(42)45-33(4,5)6/h9-10,12-17,20-21H,11,18-19,22H2,1-8H3/p+1. The highest BCUT2D eigenvalue weighted by Crippen LogP contribution is 2.29. The number of ether oxygens (including phenoxy) is 3. The lowest BCUT2D eigenvalue weighted by atomic mass is 10.1. The lowest BCUT2D eigenvalue weighted by Gasteiger charge is -2.32. The van der Waals surface area contributed by atoms with E-state index in [0.29, 0.717) is 30.3 Å². The molecule has 0 saturated carbocycles. The molecule has 1 aliphatic rings. The minimum Gasteiger partial charge on any atom is -0.490 e. The molecule has 4 rings (SSSR count). The summed E-state index contributed by atoms with van der Waals surface area (Å²) in [5.74, 6) is -1.68. The van der Waals surface area contributed by atoms with Gasteiger partial charge in [0.15, 0.2) is 7.05 Å². The van der Waals surface area contributed by atoms with Crippen LogP contribution in [0.4, 0.5) is 4.79 Å². The van der Waals surface area contributed by atoms with Crippen molar-refractivity contribution in [2.45, 2.75) is 78.2 Å². The van der Waals surface area contributed by atoms with E-state index in [1.54, 1.807) is 45.0 Å². The summed E-state index contributed by atoms with van der Waals surface area (Å²) in [6, 6.07) is 13.6. The van der Waals surface area contributed by atoms with E-state index in [1.165, 1.54) is 19.1 Å². The zero-order valence-corrected chi connectivity index (χ0v) is 27.7. The van der Waals surface area contributed by atoms with Gasteiger partial charge in [0.1, 0.15) is 23.6 Å². The van der Waals surface area contributed by atoms with Gasteiger partial charge in [-0.05, 0) is 84.7 Å². The number of imide groups is 1. The van der Waals surface area contributed by atoms with Crippen LogP contribution in [0.25, 0.3) is 11.1 Å². The van der Waals surface area contributed by atoms with E-state index >= 15 is 0 Å². The number of nitrogens with one attached hydrogen (secondary N) is 1. The van der Waals surface area contributed by atoms with Gasteiger partial charge in [0, 0.05) is 6.54 Å². The Kier molecular flexibility index (Phi) is 9.91. The summed E-state index contributed by atoms with van der Waals surface area (Å²) < 4.78 is 20.8. The molecule has 0 saturated heterocycles. The van der Waals surface area contributed by atoms with Gasteiger partial charge in [-0.1, -0.05) is 24.3 Å². The van der Waals surface area contributed by atoms with Crippen LogP contribution in [-0.2, 0) is 32.7 Å². The average molecular weight is 636 g/mol. The van der Waals surface area contributed by atoms with Crippen LogP contribution in [-0.4, -0.2) is 63.6 Å². The van der Waals surface area contributed by atoms with Gasteiger partial charge in [0.2, 0.25) is 11.8 Å². The number of carbonyl (C=O) groups excluding carboxylic acids is 4. The minimum absolute atomic E-state index is 0.190. The highest BCUT2D eigenvalue weighted by atomic mass is 16.7. The normalized spacial score (nSPS) is 14.5. The Labute approximate surface area is 269 Å². The SMILES string of the molecule is C[n+]1cc(-c2ccc(OCC(C)(ON3C(=O)c4ccccc4C3=O)C(=O)OC(C)(C)C)cc2)cn1CCCNC(=O)OC(C)(C)C. The van der Waals surface area contributed by atoms with Crippen molar-refractivity contribution in [3.05, 3.63) is 72.1 Å². The molecule has 0 bridgehead atoms. The number of benzene rings is 2. The first kappa shape index (κ1) is 34.2. The van der Waals surface area contributed by atoms with E-state index in [4.69, 9.17) is 19.0 Å². The second-order valence-electron chi connectivity index (χ2n) is 13.3. The first-order valence-electron chi connectivity index (χ1n) is 15.1. The third-order valence-corrected chi connectivity index (χ3v) is 6.83. The third kappa shape index (κ3) is 8.51. The molecule has 3 amide bonds. The molecule has 0 fully saturated rings. The minimum atomic E-state index is -1.83. The monoisotopic (exact) mass is 635 g/mol. The molecule has 2 heterocycles. The molecule has 0 spiro atoms. The van der Waals surface area contributed by atoms with Crippen LogP contribution >= 0.6 is 0 Å². The third-order valence-electron chi connectivity index (χ3n) is 6.83. The van der Waals surface area contributed by atoms with E-state index in [1.807, 2.05) is 61.7 Å². The zero-order valence-electron chi connectivity index (χ0n) is 27.7. The molecule has 0 aliphatic carbocycles. The van der Waals surface area contributed by atoms with Crippen molar-refractivity contribution < 1.29 is 42.9 Å². The van der Waals surface area contributed by atoms with Crippen LogP contribution < -0.4 is 14.7 Å². The molecule has 46 heavy (non-hydrogen) atoms. The molecule has 1 unspecified atom stereocenters. The van der Waals surface area contributed by atoms with Crippen LogP contribution in [0.15, 0.2) is 60.9 Å². The summed E-state index contributed by atoms with van der Waals surface area (Å²) in [6.07, 6.45) is 4.28. The first-order valence-corrected chi connectivity index (χ1v) is 15.1. The lowest BCUT2D eigenvalue weighted by molar-refractivity contribution is -0.753. The van der Waals surface area contributed by atoms with Crippen molar-refractivity contribution in [3.63, 3.8) is 0 Å². The molecule has 1 N–H and O–H groups in total. The second-order valence-corrected chi connectivity index (χ2v) is 13.3. The van der Waals surface area contributed by atoms with Crippen molar-refractivity contribution in [2.75, 3.05) is 13.2 Å². The van der Waals surface area contributed by atoms with Crippen molar-refractivity contribution in [3.8, 4) is 16.9 Å². The number of esters is 1. The van der Waals surface area contributed by atoms with E-state index < -0.39 is 40.7 Å². The average Bonchev–Trinajstić information content (AvgIpc) is 3.45. The Morgan fingerprint density at radius 3 is 1.98 bits per heavy atom. The van der Waals surface area contributed by atoms with Crippen molar-refractivity contribution in [2.24, 2.45) is 7.05 Å². The number of aryl methyl sites for hydroxylation is 2. The fourth-order valence-electron chi connectivity index (χ4n) is 4.60. The molecule has 12 heteroatoms. The zero-order chi connectivity index (χ0) is 33.9. The number of aromatic nitrogens is 2. The number of rotatable bonds is 11. The maximum atomic E-state index is 13.3. The van der Waals surface area contributed by atoms with Gasteiger partial charge in [-0.25, -0.2) is 14.4 Å². The Morgan fingerprint density at radius 2 is 1.41 bits per heavy atom. The summed E-state index contributed by atoms with van der Waals surface area (Å²) in [5, 5.41) is 3.37. The van der Waals surface area contributed by atoms with E-state index in [9.17, 15) is 19.2 Å². The van der Waals surface area contributed by atoms with Crippen molar-refractivity contribution in [1.29, 1.82) is 0 Å². The number of alkyl carbamates (subject to hydrolysis) is 1.